The van der Waals surface area contributed by atoms with Crippen LogP contribution in [0.4, 0.5) is 0 Å². The van der Waals surface area contributed by atoms with Gasteiger partial charge in [-0.25, -0.2) is 4.79 Å². The highest BCUT2D eigenvalue weighted by molar-refractivity contribution is 5.59. The molecule has 1 saturated carbocycles. The molecular weight excluding hydrogens is 282 g/mol. The van der Waals surface area contributed by atoms with Gasteiger partial charge in [-0.1, -0.05) is 6.42 Å². The number of hydrogen-bond acceptors (Lipinski definition) is 5. The highest BCUT2D eigenvalue weighted by Gasteiger charge is 2.68. The largest absolute Gasteiger partial charge is 0.486 e. The van der Waals surface area contributed by atoms with Crippen LogP contribution in [0.3, 0.4) is 0 Å². The third-order valence-electron chi connectivity index (χ3n) is 4.98. The lowest BCUT2D eigenvalue weighted by atomic mass is 9.80. The van der Waals surface area contributed by atoms with Gasteiger partial charge in [-0.3, -0.25) is 4.98 Å². The molecule has 0 amide bonds. The topological polar surface area (TPSA) is 64.9 Å². The Morgan fingerprint density at radius 2 is 2.27 bits per heavy atom. The van der Waals surface area contributed by atoms with E-state index >= 15 is 0 Å². The molecule has 5 rings (SSSR count). The van der Waals surface area contributed by atoms with Crippen molar-refractivity contribution >= 4 is 0 Å². The monoisotopic (exact) mass is 297 g/mol. The lowest BCUT2D eigenvalue weighted by Gasteiger charge is -2.33. The van der Waals surface area contributed by atoms with Gasteiger partial charge in [0.2, 0.25) is 0 Å². The van der Waals surface area contributed by atoms with E-state index < -0.39 is 0 Å². The fourth-order valence-corrected chi connectivity index (χ4v) is 3.84. The maximum absolute atomic E-state index is 12.4. The Hall–Kier alpha value is -2.14. The van der Waals surface area contributed by atoms with Crippen LogP contribution in [0, 0.1) is 0 Å². The van der Waals surface area contributed by atoms with Crippen LogP contribution in [0.2, 0.25) is 0 Å². The van der Waals surface area contributed by atoms with E-state index in [1.165, 1.54) is 0 Å². The van der Waals surface area contributed by atoms with Crippen LogP contribution in [0.1, 0.15) is 37.4 Å². The minimum absolute atomic E-state index is 0.0577. The molecule has 3 atom stereocenters. The Labute approximate surface area is 126 Å². The standard InChI is InChI=1S/C17H15NO4/c19-16-14-12(8-11(21-16)10-4-3-7-18-9-10)20-13-5-1-2-6-17(13)15(14)22-17/h3-4,7-9,13,15H,1-2,5-6H2/t13-,15-,17-/m0/s1. The summed E-state index contributed by atoms with van der Waals surface area (Å²) >= 11 is 0. The molecule has 0 radical (unpaired) electrons. The van der Waals surface area contributed by atoms with E-state index in [2.05, 4.69) is 4.98 Å². The fourth-order valence-electron chi connectivity index (χ4n) is 3.84. The highest BCUT2D eigenvalue weighted by atomic mass is 16.7. The zero-order chi connectivity index (χ0) is 14.7. The van der Waals surface area contributed by atoms with Gasteiger partial charge in [0.1, 0.15) is 34.9 Å². The Bertz CT molecular complexity index is 800. The lowest BCUT2D eigenvalue weighted by molar-refractivity contribution is 0.0579. The Balaban J connectivity index is 1.63. The molecule has 0 N–H and O–H groups in total. The first kappa shape index (κ1) is 12.4. The van der Waals surface area contributed by atoms with Crippen LogP contribution in [-0.4, -0.2) is 16.7 Å². The molecule has 0 unspecified atom stereocenters. The summed E-state index contributed by atoms with van der Waals surface area (Å²) in [6.45, 7) is 0. The van der Waals surface area contributed by atoms with Crippen molar-refractivity contribution in [1.29, 1.82) is 0 Å². The second-order valence-corrected chi connectivity index (χ2v) is 6.22. The van der Waals surface area contributed by atoms with Gasteiger partial charge in [0.05, 0.1) is 0 Å². The molecular formula is C17H15NO4. The number of epoxide rings is 1. The Morgan fingerprint density at radius 1 is 1.32 bits per heavy atom. The first-order valence-corrected chi connectivity index (χ1v) is 7.71. The van der Waals surface area contributed by atoms with Gasteiger partial charge in [0.25, 0.3) is 0 Å². The number of nitrogens with zero attached hydrogens (tertiary/aromatic N) is 1. The number of fused-ring (bicyclic) bond motifs is 2. The highest BCUT2D eigenvalue weighted by Crippen LogP contribution is 2.62. The van der Waals surface area contributed by atoms with Crippen molar-refractivity contribution in [2.24, 2.45) is 0 Å². The molecule has 2 aromatic heterocycles. The lowest BCUT2D eigenvalue weighted by Crippen LogP contribution is -2.42. The minimum Gasteiger partial charge on any atom is -0.486 e. The molecule has 0 aromatic carbocycles. The second-order valence-electron chi connectivity index (χ2n) is 6.22. The zero-order valence-electron chi connectivity index (χ0n) is 12.0. The summed E-state index contributed by atoms with van der Waals surface area (Å²) in [4.78, 5) is 16.5. The van der Waals surface area contributed by atoms with Gasteiger partial charge in [0, 0.05) is 24.0 Å². The van der Waals surface area contributed by atoms with Crippen LogP contribution >= 0.6 is 0 Å². The molecule has 5 nitrogen and oxygen atoms in total. The minimum atomic E-state index is -0.359. The summed E-state index contributed by atoms with van der Waals surface area (Å²) in [5.74, 6) is 1.10. The van der Waals surface area contributed by atoms with Gasteiger partial charge < -0.3 is 13.9 Å². The summed E-state index contributed by atoms with van der Waals surface area (Å²) in [5, 5.41) is 0. The first-order chi connectivity index (χ1) is 10.8. The predicted octanol–water partition coefficient (Wildman–Crippen LogP) is 2.85. The van der Waals surface area contributed by atoms with Crippen LogP contribution in [-0.2, 0) is 4.74 Å². The fraction of sp³-hybridized carbons (Fsp3) is 0.412. The molecule has 1 spiro atoms. The number of rotatable bonds is 1. The summed E-state index contributed by atoms with van der Waals surface area (Å²) < 4.78 is 17.5. The SMILES string of the molecule is O=c1oc(-c2cccnc2)cc2c1[C@@H]1O[C@]13CCCC[C@@H]3O2. The van der Waals surface area contributed by atoms with E-state index in [-0.39, 0.29) is 23.4 Å². The molecule has 4 heterocycles. The molecule has 0 bridgehead atoms. The molecule has 2 fully saturated rings. The second kappa shape index (κ2) is 4.20. The van der Waals surface area contributed by atoms with E-state index in [0.29, 0.717) is 17.1 Å². The third kappa shape index (κ3) is 1.57. The summed E-state index contributed by atoms with van der Waals surface area (Å²) in [6.07, 6.45) is 7.49. The van der Waals surface area contributed by atoms with Gasteiger partial charge in [-0.05, 0) is 31.4 Å². The average Bonchev–Trinajstić information content (AvgIpc) is 3.27. The summed E-state index contributed by atoms with van der Waals surface area (Å²) in [7, 11) is 0. The van der Waals surface area contributed by atoms with Crippen molar-refractivity contribution in [3.63, 3.8) is 0 Å². The maximum Gasteiger partial charge on any atom is 0.346 e. The molecule has 3 aliphatic rings. The molecule has 2 aliphatic heterocycles. The van der Waals surface area contributed by atoms with Crippen molar-refractivity contribution in [3.8, 4) is 17.1 Å². The molecule has 1 aliphatic carbocycles. The van der Waals surface area contributed by atoms with Crippen LogP contribution in [0.25, 0.3) is 11.3 Å². The smallest absolute Gasteiger partial charge is 0.346 e. The van der Waals surface area contributed by atoms with E-state index in [1.807, 2.05) is 12.1 Å². The van der Waals surface area contributed by atoms with Gasteiger partial charge in [-0.2, -0.15) is 0 Å². The molecule has 1 saturated heterocycles. The van der Waals surface area contributed by atoms with Crippen molar-refractivity contribution in [2.45, 2.75) is 43.5 Å². The quantitative estimate of drug-likeness (QED) is 0.757. The molecule has 2 aromatic rings. The van der Waals surface area contributed by atoms with Gasteiger partial charge in [0.15, 0.2) is 0 Å². The van der Waals surface area contributed by atoms with Crippen LogP contribution in [0.5, 0.6) is 5.75 Å². The van der Waals surface area contributed by atoms with Crippen LogP contribution < -0.4 is 10.4 Å². The third-order valence-corrected chi connectivity index (χ3v) is 4.98. The number of pyridine rings is 1. The van der Waals surface area contributed by atoms with Gasteiger partial charge in [-0.15, -0.1) is 0 Å². The van der Waals surface area contributed by atoms with Crippen molar-refractivity contribution < 1.29 is 13.9 Å². The summed E-state index contributed by atoms with van der Waals surface area (Å²) in [5.41, 5.74) is 0.687. The van der Waals surface area contributed by atoms with Crippen LogP contribution in [0.15, 0.2) is 39.8 Å². The molecule has 112 valence electrons. The predicted molar refractivity (Wildman–Crippen MR) is 77.7 cm³/mol. The maximum atomic E-state index is 12.4. The number of hydrogen-bond donors (Lipinski definition) is 0. The Morgan fingerprint density at radius 3 is 3.14 bits per heavy atom. The first-order valence-electron chi connectivity index (χ1n) is 7.71. The molecule has 5 heteroatoms. The van der Waals surface area contributed by atoms with Crippen molar-refractivity contribution in [3.05, 3.63) is 46.6 Å². The Kier molecular flexibility index (Phi) is 2.37. The average molecular weight is 297 g/mol. The van der Waals surface area contributed by atoms with E-state index in [0.717, 1.165) is 31.2 Å². The normalized spacial score (nSPS) is 31.5. The van der Waals surface area contributed by atoms with Crippen molar-refractivity contribution in [1.82, 2.24) is 4.98 Å². The zero-order valence-corrected chi connectivity index (χ0v) is 12.0. The number of ether oxygens (including phenoxy) is 2. The summed E-state index contributed by atoms with van der Waals surface area (Å²) in [6, 6.07) is 5.47. The van der Waals surface area contributed by atoms with Crippen molar-refractivity contribution in [2.75, 3.05) is 0 Å². The molecule has 22 heavy (non-hydrogen) atoms. The number of aromatic nitrogens is 1. The van der Waals surface area contributed by atoms with E-state index in [4.69, 9.17) is 13.9 Å². The van der Waals surface area contributed by atoms with E-state index in [1.54, 1.807) is 18.5 Å². The van der Waals surface area contributed by atoms with E-state index in [9.17, 15) is 4.79 Å². The van der Waals surface area contributed by atoms with Gasteiger partial charge >= 0.3 is 5.63 Å².